The summed E-state index contributed by atoms with van der Waals surface area (Å²) >= 11 is 0. The highest BCUT2D eigenvalue weighted by molar-refractivity contribution is 5.64. The number of pyridine rings is 1. The SMILES string of the molecule is CNc1nc(NC2CCC(NC(=O)O)CC2)c(F)cc1C#N. The van der Waals surface area contributed by atoms with Crippen LogP contribution in [0, 0.1) is 17.1 Å². The predicted octanol–water partition coefficient (Wildman–Crippen LogP) is 2.12. The van der Waals surface area contributed by atoms with Crippen molar-refractivity contribution in [2.75, 3.05) is 17.7 Å². The minimum Gasteiger partial charge on any atom is -0.465 e. The highest BCUT2D eigenvalue weighted by Crippen LogP contribution is 2.25. The average Bonchev–Trinajstić information content (AvgIpc) is 2.50. The number of carboxylic acid groups (broad SMARTS) is 1. The van der Waals surface area contributed by atoms with E-state index in [0.717, 1.165) is 18.9 Å². The van der Waals surface area contributed by atoms with Crippen LogP contribution in [0.2, 0.25) is 0 Å². The van der Waals surface area contributed by atoms with Gasteiger partial charge < -0.3 is 21.1 Å². The van der Waals surface area contributed by atoms with E-state index in [1.165, 1.54) is 0 Å². The fourth-order valence-corrected chi connectivity index (χ4v) is 2.62. The van der Waals surface area contributed by atoms with Gasteiger partial charge in [-0.2, -0.15) is 5.26 Å². The van der Waals surface area contributed by atoms with Gasteiger partial charge in [-0.05, 0) is 31.7 Å². The monoisotopic (exact) mass is 307 g/mol. The van der Waals surface area contributed by atoms with Gasteiger partial charge >= 0.3 is 6.09 Å². The second-order valence-electron chi connectivity index (χ2n) is 5.22. The third kappa shape index (κ3) is 3.75. The molecule has 1 aliphatic rings. The van der Waals surface area contributed by atoms with E-state index in [1.54, 1.807) is 7.05 Å². The summed E-state index contributed by atoms with van der Waals surface area (Å²) < 4.78 is 14.0. The molecule has 22 heavy (non-hydrogen) atoms. The first kappa shape index (κ1) is 15.8. The van der Waals surface area contributed by atoms with Gasteiger partial charge in [0.1, 0.15) is 11.9 Å². The number of amides is 1. The van der Waals surface area contributed by atoms with Crippen molar-refractivity contribution in [3.63, 3.8) is 0 Å². The van der Waals surface area contributed by atoms with Gasteiger partial charge in [0, 0.05) is 19.1 Å². The number of nitrogens with zero attached hydrogens (tertiary/aromatic N) is 2. The summed E-state index contributed by atoms with van der Waals surface area (Å²) in [6.07, 6.45) is 1.82. The first-order valence-electron chi connectivity index (χ1n) is 7.08. The molecule has 1 saturated carbocycles. The highest BCUT2D eigenvalue weighted by atomic mass is 19.1. The van der Waals surface area contributed by atoms with Crippen molar-refractivity contribution in [3.8, 4) is 6.07 Å². The Kier molecular flexibility index (Phi) is 4.99. The molecule has 1 fully saturated rings. The van der Waals surface area contributed by atoms with Crippen molar-refractivity contribution >= 4 is 17.7 Å². The number of rotatable bonds is 4. The Bertz CT molecular complexity index is 594. The second-order valence-corrected chi connectivity index (χ2v) is 5.22. The predicted molar refractivity (Wildman–Crippen MR) is 79.3 cm³/mol. The van der Waals surface area contributed by atoms with E-state index in [1.807, 2.05) is 6.07 Å². The van der Waals surface area contributed by atoms with Gasteiger partial charge in [0.2, 0.25) is 0 Å². The largest absolute Gasteiger partial charge is 0.465 e. The van der Waals surface area contributed by atoms with Crippen LogP contribution in [0.3, 0.4) is 0 Å². The zero-order chi connectivity index (χ0) is 16.1. The van der Waals surface area contributed by atoms with Crippen LogP contribution in [0.15, 0.2) is 6.07 Å². The summed E-state index contributed by atoms with van der Waals surface area (Å²) in [5.74, 6) is -0.132. The molecule has 1 aliphatic carbocycles. The van der Waals surface area contributed by atoms with Crippen molar-refractivity contribution in [2.24, 2.45) is 0 Å². The number of carbonyl (C=O) groups is 1. The lowest BCUT2D eigenvalue weighted by molar-refractivity contribution is 0.185. The summed E-state index contributed by atoms with van der Waals surface area (Å²) in [5, 5.41) is 25.9. The van der Waals surface area contributed by atoms with Crippen LogP contribution < -0.4 is 16.0 Å². The normalized spacial score (nSPS) is 20.8. The Labute approximate surface area is 127 Å². The zero-order valence-corrected chi connectivity index (χ0v) is 12.2. The van der Waals surface area contributed by atoms with Crippen molar-refractivity contribution in [2.45, 2.75) is 37.8 Å². The third-order valence-electron chi connectivity index (χ3n) is 3.73. The average molecular weight is 307 g/mol. The van der Waals surface area contributed by atoms with Gasteiger partial charge in [-0.1, -0.05) is 0 Å². The molecule has 0 atom stereocenters. The van der Waals surface area contributed by atoms with E-state index >= 15 is 0 Å². The number of hydrogen-bond acceptors (Lipinski definition) is 5. The number of anilines is 2. The van der Waals surface area contributed by atoms with Crippen molar-refractivity contribution in [1.82, 2.24) is 10.3 Å². The van der Waals surface area contributed by atoms with Crippen LogP contribution in [-0.4, -0.2) is 35.3 Å². The molecular formula is C14H18FN5O2. The Morgan fingerprint density at radius 2 is 2.00 bits per heavy atom. The number of nitriles is 1. The lowest BCUT2D eigenvalue weighted by atomic mass is 9.91. The molecule has 1 aromatic rings. The molecule has 0 aliphatic heterocycles. The molecule has 0 radical (unpaired) electrons. The van der Waals surface area contributed by atoms with Crippen LogP contribution >= 0.6 is 0 Å². The highest BCUT2D eigenvalue weighted by Gasteiger charge is 2.23. The molecule has 0 saturated heterocycles. The van der Waals surface area contributed by atoms with E-state index in [9.17, 15) is 9.18 Å². The maximum atomic E-state index is 14.0. The molecule has 1 heterocycles. The standard InChI is InChI=1S/C14H18FN5O2/c1-17-12-8(7-16)6-11(15)13(20-12)18-9-2-4-10(5-3-9)19-14(21)22/h6,9-10,19H,2-5H2,1H3,(H,21,22)(H2,17,18,20). The van der Waals surface area contributed by atoms with Gasteiger partial charge in [0.25, 0.3) is 0 Å². The van der Waals surface area contributed by atoms with Crippen LogP contribution in [0.1, 0.15) is 31.2 Å². The number of nitrogens with one attached hydrogen (secondary N) is 3. The lowest BCUT2D eigenvalue weighted by Crippen LogP contribution is -2.39. The van der Waals surface area contributed by atoms with Crippen LogP contribution in [0.4, 0.5) is 20.8 Å². The molecule has 0 bridgehead atoms. The number of hydrogen-bond donors (Lipinski definition) is 4. The van der Waals surface area contributed by atoms with Crippen LogP contribution in [0.25, 0.3) is 0 Å². The van der Waals surface area contributed by atoms with Gasteiger partial charge in [-0.25, -0.2) is 14.2 Å². The van der Waals surface area contributed by atoms with E-state index in [2.05, 4.69) is 20.9 Å². The summed E-state index contributed by atoms with van der Waals surface area (Å²) in [6.45, 7) is 0. The minimum atomic E-state index is -1.02. The third-order valence-corrected chi connectivity index (χ3v) is 3.73. The van der Waals surface area contributed by atoms with E-state index in [4.69, 9.17) is 10.4 Å². The Morgan fingerprint density at radius 1 is 1.36 bits per heavy atom. The smallest absolute Gasteiger partial charge is 0.404 e. The zero-order valence-electron chi connectivity index (χ0n) is 12.2. The van der Waals surface area contributed by atoms with Gasteiger partial charge in [-0.3, -0.25) is 0 Å². The summed E-state index contributed by atoms with van der Waals surface area (Å²) in [5.41, 5.74) is 0.153. The van der Waals surface area contributed by atoms with Crippen LogP contribution in [-0.2, 0) is 0 Å². The maximum Gasteiger partial charge on any atom is 0.404 e. The summed E-state index contributed by atoms with van der Waals surface area (Å²) in [4.78, 5) is 14.7. The number of halogens is 1. The first-order valence-corrected chi connectivity index (χ1v) is 7.08. The van der Waals surface area contributed by atoms with Gasteiger partial charge in [0.15, 0.2) is 11.6 Å². The topological polar surface area (TPSA) is 110 Å². The summed E-state index contributed by atoms with van der Waals surface area (Å²) in [7, 11) is 1.62. The lowest BCUT2D eigenvalue weighted by Gasteiger charge is -2.29. The van der Waals surface area contributed by atoms with Crippen molar-refractivity contribution < 1.29 is 14.3 Å². The van der Waals surface area contributed by atoms with E-state index in [0.29, 0.717) is 18.7 Å². The number of aromatic nitrogens is 1. The molecule has 4 N–H and O–H groups in total. The molecule has 7 nitrogen and oxygen atoms in total. The quantitative estimate of drug-likeness (QED) is 0.678. The van der Waals surface area contributed by atoms with Gasteiger partial charge in [0.05, 0.1) is 5.56 Å². The van der Waals surface area contributed by atoms with Gasteiger partial charge in [-0.15, -0.1) is 0 Å². The second kappa shape index (κ2) is 6.93. The maximum absolute atomic E-state index is 14.0. The Morgan fingerprint density at radius 3 is 2.55 bits per heavy atom. The molecule has 0 aromatic carbocycles. The molecule has 118 valence electrons. The summed E-state index contributed by atoms with van der Waals surface area (Å²) in [6, 6.07) is 3.02. The molecule has 1 aromatic heterocycles. The minimum absolute atomic E-state index is 0.0338. The van der Waals surface area contributed by atoms with Crippen LogP contribution in [0.5, 0.6) is 0 Å². The molecule has 1 amide bonds. The Hall–Kier alpha value is -2.56. The molecule has 2 rings (SSSR count). The molecular weight excluding hydrogens is 289 g/mol. The molecule has 0 unspecified atom stereocenters. The first-order chi connectivity index (χ1) is 10.5. The van der Waals surface area contributed by atoms with Crippen molar-refractivity contribution in [1.29, 1.82) is 5.26 Å². The Balaban J connectivity index is 2.00. The fourth-order valence-electron chi connectivity index (χ4n) is 2.62. The van der Waals surface area contributed by atoms with E-state index < -0.39 is 11.9 Å². The fraction of sp³-hybridized carbons (Fsp3) is 0.500. The van der Waals surface area contributed by atoms with Crippen molar-refractivity contribution in [3.05, 3.63) is 17.4 Å². The van der Waals surface area contributed by atoms with E-state index in [-0.39, 0.29) is 23.5 Å². The molecule has 8 heteroatoms. The molecule has 0 spiro atoms.